The van der Waals surface area contributed by atoms with Gasteiger partial charge < -0.3 is 10.1 Å². The molecule has 0 bridgehead atoms. The molecule has 1 amide bonds. The van der Waals surface area contributed by atoms with Crippen LogP contribution in [0.2, 0.25) is 5.02 Å². The predicted octanol–water partition coefficient (Wildman–Crippen LogP) is 3.15. The molecule has 1 fully saturated rings. The van der Waals surface area contributed by atoms with E-state index in [0.717, 1.165) is 25.0 Å². The van der Waals surface area contributed by atoms with E-state index in [1.54, 1.807) is 0 Å². The highest BCUT2D eigenvalue weighted by molar-refractivity contribution is 7.98. The van der Waals surface area contributed by atoms with E-state index in [2.05, 4.69) is 5.32 Å². The number of esters is 1. The first-order valence-corrected chi connectivity index (χ1v) is 10.6. The van der Waals surface area contributed by atoms with E-state index in [1.807, 2.05) is 6.26 Å². The summed E-state index contributed by atoms with van der Waals surface area (Å²) in [4.78, 5) is 47.1. The Balaban J connectivity index is 2.09. The summed E-state index contributed by atoms with van der Waals surface area (Å²) in [5.41, 5.74) is -0.223. The van der Waals surface area contributed by atoms with E-state index < -0.39 is 28.9 Å². The minimum atomic E-state index is -0.944. The lowest BCUT2D eigenvalue weighted by molar-refractivity contribution is -0.384. The summed E-state index contributed by atoms with van der Waals surface area (Å²) in [5, 5.41) is 13.3. The van der Waals surface area contributed by atoms with Crippen LogP contribution in [0.5, 0.6) is 0 Å². The highest BCUT2D eigenvalue weighted by Gasteiger charge is 2.30. The fourth-order valence-corrected chi connectivity index (χ4v) is 3.55. The molecule has 2 rings (SSSR count). The molecular formula is C18H21ClN2O6S. The number of amides is 1. The Labute approximate surface area is 171 Å². The van der Waals surface area contributed by atoms with Gasteiger partial charge >= 0.3 is 5.97 Å². The smallest absolute Gasteiger partial charge is 0.329 e. The molecule has 1 N–H and O–H groups in total. The van der Waals surface area contributed by atoms with Gasteiger partial charge in [0.15, 0.2) is 11.9 Å². The fraction of sp³-hybridized carbons (Fsp3) is 0.500. The monoisotopic (exact) mass is 428 g/mol. The number of ketones is 1. The number of halogens is 1. The van der Waals surface area contributed by atoms with Gasteiger partial charge in [-0.1, -0.05) is 11.6 Å². The van der Waals surface area contributed by atoms with Crippen LogP contribution in [-0.4, -0.2) is 46.7 Å². The lowest BCUT2D eigenvalue weighted by atomic mass is 9.96. The molecule has 0 aliphatic heterocycles. The molecule has 0 saturated heterocycles. The van der Waals surface area contributed by atoms with Gasteiger partial charge in [-0.3, -0.25) is 19.7 Å². The molecule has 8 nitrogen and oxygen atoms in total. The van der Waals surface area contributed by atoms with Crippen molar-refractivity contribution < 1.29 is 24.0 Å². The lowest BCUT2D eigenvalue weighted by Crippen LogP contribution is -2.44. The van der Waals surface area contributed by atoms with Crippen molar-refractivity contribution in [2.75, 3.05) is 12.0 Å². The number of carbonyl (C=O) groups excluding carboxylic acids is 3. The van der Waals surface area contributed by atoms with Crippen molar-refractivity contribution in [1.29, 1.82) is 0 Å². The third-order valence-electron chi connectivity index (χ3n) is 4.37. The van der Waals surface area contributed by atoms with Crippen molar-refractivity contribution in [2.45, 2.75) is 44.2 Å². The Morgan fingerprint density at radius 3 is 2.79 bits per heavy atom. The summed E-state index contributed by atoms with van der Waals surface area (Å²) < 4.78 is 5.35. The molecule has 1 aromatic rings. The van der Waals surface area contributed by atoms with Gasteiger partial charge in [-0.2, -0.15) is 11.8 Å². The molecule has 152 valence electrons. The minimum absolute atomic E-state index is 0.0166. The Bertz CT molecular complexity index is 772. The summed E-state index contributed by atoms with van der Waals surface area (Å²) in [6.45, 7) is 0. The standard InChI is InChI=1S/C18H21ClN2O6S/c1-28-9-8-14(18(24)27-16-5-3-2-4-15(16)22)20-17(23)12-7-6-11(21(25)26)10-13(12)19/h6-7,10,14,16H,2-5,8-9H2,1H3,(H,20,23)/t14-,16+/m1/s1. The quantitative estimate of drug-likeness (QED) is 0.384. The zero-order valence-electron chi connectivity index (χ0n) is 15.3. The number of non-ortho nitro benzene ring substituents is 1. The summed E-state index contributed by atoms with van der Waals surface area (Å²) in [6.07, 6.45) is 3.89. The van der Waals surface area contributed by atoms with E-state index in [-0.39, 0.29) is 22.1 Å². The van der Waals surface area contributed by atoms with Crippen LogP contribution in [0.1, 0.15) is 42.5 Å². The molecule has 0 radical (unpaired) electrons. The predicted molar refractivity (Wildman–Crippen MR) is 106 cm³/mol. The number of hydrogen-bond donors (Lipinski definition) is 1. The molecule has 10 heteroatoms. The summed E-state index contributed by atoms with van der Waals surface area (Å²) >= 11 is 7.48. The van der Waals surface area contributed by atoms with Crippen molar-refractivity contribution in [1.82, 2.24) is 5.32 Å². The number of thioether (sulfide) groups is 1. The normalized spacial score (nSPS) is 17.6. The molecule has 0 spiro atoms. The van der Waals surface area contributed by atoms with Crippen LogP contribution in [0.3, 0.4) is 0 Å². The SMILES string of the molecule is CSCC[C@@H](NC(=O)c1ccc([N+](=O)[O-])cc1Cl)C(=O)O[C@H]1CCCCC1=O. The van der Waals surface area contributed by atoms with Gasteiger partial charge in [0, 0.05) is 18.6 Å². The molecule has 1 saturated carbocycles. The van der Waals surface area contributed by atoms with Crippen molar-refractivity contribution in [3.63, 3.8) is 0 Å². The highest BCUT2D eigenvalue weighted by Crippen LogP contribution is 2.23. The van der Waals surface area contributed by atoms with Crippen LogP contribution in [0.4, 0.5) is 5.69 Å². The molecule has 28 heavy (non-hydrogen) atoms. The zero-order valence-corrected chi connectivity index (χ0v) is 16.9. The van der Waals surface area contributed by atoms with Crippen LogP contribution in [0, 0.1) is 10.1 Å². The largest absolute Gasteiger partial charge is 0.453 e. The van der Waals surface area contributed by atoms with Crippen LogP contribution >= 0.6 is 23.4 Å². The maximum absolute atomic E-state index is 12.5. The molecule has 1 aromatic carbocycles. The Morgan fingerprint density at radius 1 is 1.43 bits per heavy atom. The second-order valence-corrected chi connectivity index (χ2v) is 7.76. The number of carbonyl (C=O) groups is 3. The van der Waals surface area contributed by atoms with Gasteiger partial charge in [0.25, 0.3) is 11.6 Å². The third-order valence-corrected chi connectivity index (χ3v) is 5.32. The highest BCUT2D eigenvalue weighted by atomic mass is 35.5. The van der Waals surface area contributed by atoms with Gasteiger partial charge in [0.05, 0.1) is 15.5 Å². The third kappa shape index (κ3) is 5.93. The number of benzene rings is 1. The second-order valence-electron chi connectivity index (χ2n) is 6.37. The molecule has 0 aromatic heterocycles. The Morgan fingerprint density at radius 2 is 2.18 bits per heavy atom. The maximum atomic E-state index is 12.5. The molecule has 0 heterocycles. The van der Waals surface area contributed by atoms with Gasteiger partial charge in [0.1, 0.15) is 6.04 Å². The van der Waals surface area contributed by atoms with Gasteiger partial charge in [0.2, 0.25) is 0 Å². The average Bonchev–Trinajstić information content (AvgIpc) is 2.66. The van der Waals surface area contributed by atoms with Gasteiger partial charge in [-0.25, -0.2) is 4.79 Å². The van der Waals surface area contributed by atoms with Crippen molar-refractivity contribution >= 4 is 46.7 Å². The number of ether oxygens (including phenoxy) is 1. The average molecular weight is 429 g/mol. The Kier molecular flexibility index (Phi) is 8.25. The number of nitrogens with one attached hydrogen (secondary N) is 1. The number of nitro benzene ring substituents is 1. The first-order valence-electron chi connectivity index (χ1n) is 8.80. The van der Waals surface area contributed by atoms with Gasteiger partial charge in [-0.05, 0) is 43.8 Å². The first-order chi connectivity index (χ1) is 13.3. The van der Waals surface area contributed by atoms with E-state index in [4.69, 9.17) is 16.3 Å². The number of nitro groups is 1. The number of Topliss-reactive ketones (excluding diaryl/α,β-unsaturated/α-hetero) is 1. The van der Waals surface area contributed by atoms with Crippen molar-refractivity contribution in [3.8, 4) is 0 Å². The van der Waals surface area contributed by atoms with Gasteiger partial charge in [-0.15, -0.1) is 0 Å². The van der Waals surface area contributed by atoms with Crippen LogP contribution < -0.4 is 5.32 Å². The number of nitrogens with zero attached hydrogens (tertiary/aromatic N) is 1. The number of hydrogen-bond acceptors (Lipinski definition) is 7. The van der Waals surface area contributed by atoms with Crippen LogP contribution in [-0.2, 0) is 14.3 Å². The lowest BCUT2D eigenvalue weighted by Gasteiger charge is -2.24. The fourth-order valence-electron chi connectivity index (χ4n) is 2.82. The van der Waals surface area contributed by atoms with Crippen molar-refractivity contribution in [2.24, 2.45) is 0 Å². The molecular weight excluding hydrogens is 408 g/mol. The van der Waals surface area contributed by atoms with E-state index >= 15 is 0 Å². The van der Waals surface area contributed by atoms with Crippen LogP contribution in [0.25, 0.3) is 0 Å². The Hall–Kier alpha value is -2.13. The van der Waals surface area contributed by atoms with E-state index in [9.17, 15) is 24.5 Å². The topological polar surface area (TPSA) is 116 Å². The van der Waals surface area contributed by atoms with Crippen LogP contribution in [0.15, 0.2) is 18.2 Å². The maximum Gasteiger partial charge on any atom is 0.329 e. The molecule has 1 aliphatic carbocycles. The molecule has 2 atom stereocenters. The molecule has 1 aliphatic rings. The number of rotatable bonds is 8. The van der Waals surface area contributed by atoms with E-state index in [1.165, 1.54) is 17.8 Å². The second kappa shape index (κ2) is 10.4. The summed E-state index contributed by atoms with van der Waals surface area (Å²) in [5.74, 6) is -0.821. The first kappa shape index (κ1) is 22.2. The minimum Gasteiger partial charge on any atom is -0.453 e. The van der Waals surface area contributed by atoms with E-state index in [0.29, 0.717) is 25.0 Å². The van der Waals surface area contributed by atoms with Crippen molar-refractivity contribution in [3.05, 3.63) is 38.9 Å². The summed E-state index contributed by atoms with van der Waals surface area (Å²) in [6, 6.07) is 2.53. The molecule has 0 unspecified atom stereocenters. The summed E-state index contributed by atoms with van der Waals surface area (Å²) in [7, 11) is 0. The zero-order chi connectivity index (χ0) is 20.7.